The SMILES string of the molecule is COc1ccc(C2(c3nc(C(=O)O)cs3)CCCC2)cc1. The van der Waals surface area contributed by atoms with Crippen LogP contribution in [0.25, 0.3) is 0 Å². The Morgan fingerprint density at radius 1 is 1.29 bits per heavy atom. The number of nitrogens with zero attached hydrogens (tertiary/aromatic N) is 1. The average molecular weight is 303 g/mol. The third-order valence-electron chi connectivity index (χ3n) is 4.23. The first-order chi connectivity index (χ1) is 10.2. The summed E-state index contributed by atoms with van der Waals surface area (Å²) in [7, 11) is 1.65. The summed E-state index contributed by atoms with van der Waals surface area (Å²) in [5.74, 6) is -0.127. The molecule has 1 aromatic heterocycles. The van der Waals surface area contributed by atoms with Gasteiger partial charge in [-0.2, -0.15) is 0 Å². The normalized spacial score (nSPS) is 16.8. The fraction of sp³-hybridized carbons (Fsp3) is 0.375. The minimum atomic E-state index is -0.958. The van der Waals surface area contributed by atoms with Crippen molar-refractivity contribution < 1.29 is 14.6 Å². The molecular weight excluding hydrogens is 286 g/mol. The number of carboxylic acid groups (broad SMARTS) is 1. The van der Waals surface area contributed by atoms with Gasteiger partial charge < -0.3 is 9.84 Å². The summed E-state index contributed by atoms with van der Waals surface area (Å²) in [6.07, 6.45) is 4.33. The molecule has 1 aliphatic rings. The molecule has 3 rings (SSSR count). The molecular formula is C16H17NO3S. The Balaban J connectivity index is 2.03. The second kappa shape index (κ2) is 5.48. The van der Waals surface area contributed by atoms with Gasteiger partial charge in [0.1, 0.15) is 10.8 Å². The van der Waals surface area contributed by atoms with Crippen molar-refractivity contribution in [3.8, 4) is 5.75 Å². The van der Waals surface area contributed by atoms with Crippen LogP contribution in [0.15, 0.2) is 29.6 Å². The number of hydrogen-bond acceptors (Lipinski definition) is 4. The maximum Gasteiger partial charge on any atom is 0.355 e. The second-order valence-corrected chi connectivity index (χ2v) is 6.22. The predicted octanol–water partition coefficient (Wildman–Crippen LogP) is 3.71. The lowest BCUT2D eigenvalue weighted by molar-refractivity contribution is 0.0691. The van der Waals surface area contributed by atoms with Gasteiger partial charge in [-0.3, -0.25) is 0 Å². The van der Waals surface area contributed by atoms with Crippen LogP contribution in [0.4, 0.5) is 0 Å². The highest BCUT2D eigenvalue weighted by molar-refractivity contribution is 7.10. The Morgan fingerprint density at radius 2 is 1.95 bits per heavy atom. The Labute approximate surface area is 127 Å². The Morgan fingerprint density at radius 3 is 2.48 bits per heavy atom. The van der Waals surface area contributed by atoms with E-state index in [4.69, 9.17) is 9.84 Å². The van der Waals surface area contributed by atoms with Crippen molar-refractivity contribution in [3.63, 3.8) is 0 Å². The van der Waals surface area contributed by atoms with Gasteiger partial charge in [0, 0.05) is 10.8 Å². The number of thiazole rings is 1. The molecule has 1 aliphatic carbocycles. The molecule has 0 saturated heterocycles. The van der Waals surface area contributed by atoms with Crippen molar-refractivity contribution >= 4 is 17.3 Å². The van der Waals surface area contributed by atoms with E-state index in [0.29, 0.717) is 0 Å². The summed E-state index contributed by atoms with van der Waals surface area (Å²) in [5, 5.41) is 11.7. The minimum Gasteiger partial charge on any atom is -0.497 e. The van der Waals surface area contributed by atoms with E-state index in [9.17, 15) is 4.79 Å². The van der Waals surface area contributed by atoms with Crippen LogP contribution in [-0.2, 0) is 5.41 Å². The molecule has 1 heterocycles. The number of ether oxygens (including phenoxy) is 1. The molecule has 0 aliphatic heterocycles. The van der Waals surface area contributed by atoms with E-state index in [1.54, 1.807) is 12.5 Å². The zero-order valence-corrected chi connectivity index (χ0v) is 12.7. The molecule has 21 heavy (non-hydrogen) atoms. The highest BCUT2D eigenvalue weighted by atomic mass is 32.1. The molecule has 0 amide bonds. The summed E-state index contributed by atoms with van der Waals surface area (Å²) >= 11 is 1.46. The highest BCUT2D eigenvalue weighted by Gasteiger charge is 2.40. The average Bonchev–Trinajstić information content (AvgIpc) is 3.17. The monoisotopic (exact) mass is 303 g/mol. The Kier molecular flexibility index (Phi) is 3.68. The van der Waals surface area contributed by atoms with Crippen LogP contribution in [0, 0.1) is 0 Å². The van der Waals surface area contributed by atoms with Crippen LogP contribution in [0.3, 0.4) is 0 Å². The lowest BCUT2D eigenvalue weighted by atomic mass is 9.79. The largest absolute Gasteiger partial charge is 0.497 e. The zero-order valence-electron chi connectivity index (χ0n) is 11.8. The predicted molar refractivity (Wildman–Crippen MR) is 81.3 cm³/mol. The molecule has 4 nitrogen and oxygen atoms in total. The number of benzene rings is 1. The molecule has 1 fully saturated rings. The molecule has 110 valence electrons. The molecule has 5 heteroatoms. The first-order valence-electron chi connectivity index (χ1n) is 6.99. The minimum absolute atomic E-state index is 0.134. The molecule has 0 bridgehead atoms. The quantitative estimate of drug-likeness (QED) is 0.935. The molecule has 0 spiro atoms. The number of aromatic carboxylic acids is 1. The first kappa shape index (κ1) is 14.1. The second-order valence-electron chi connectivity index (χ2n) is 5.36. The van der Waals surface area contributed by atoms with Crippen LogP contribution in [0.5, 0.6) is 5.75 Å². The topological polar surface area (TPSA) is 59.4 Å². The highest BCUT2D eigenvalue weighted by Crippen LogP contribution is 2.47. The summed E-state index contributed by atoms with van der Waals surface area (Å²) < 4.78 is 5.22. The van der Waals surface area contributed by atoms with E-state index in [1.165, 1.54) is 16.9 Å². The summed E-state index contributed by atoms with van der Waals surface area (Å²) in [5.41, 5.74) is 1.21. The van der Waals surface area contributed by atoms with Crippen LogP contribution in [-0.4, -0.2) is 23.2 Å². The van der Waals surface area contributed by atoms with Gasteiger partial charge in [-0.25, -0.2) is 9.78 Å². The van der Waals surface area contributed by atoms with Crippen molar-refractivity contribution in [2.45, 2.75) is 31.1 Å². The van der Waals surface area contributed by atoms with Gasteiger partial charge in [0.15, 0.2) is 5.69 Å². The van der Waals surface area contributed by atoms with E-state index in [0.717, 1.165) is 36.4 Å². The summed E-state index contributed by atoms with van der Waals surface area (Å²) in [6.45, 7) is 0. The first-order valence-corrected chi connectivity index (χ1v) is 7.87. The van der Waals surface area contributed by atoms with Crippen molar-refractivity contribution in [2.24, 2.45) is 0 Å². The number of methoxy groups -OCH3 is 1. The smallest absolute Gasteiger partial charge is 0.355 e. The van der Waals surface area contributed by atoms with Gasteiger partial charge in [-0.05, 0) is 30.5 Å². The van der Waals surface area contributed by atoms with Crippen LogP contribution < -0.4 is 4.74 Å². The third-order valence-corrected chi connectivity index (χ3v) is 5.28. The lowest BCUT2D eigenvalue weighted by Crippen LogP contribution is -2.23. The van der Waals surface area contributed by atoms with Gasteiger partial charge >= 0.3 is 5.97 Å². The number of aromatic nitrogens is 1. The van der Waals surface area contributed by atoms with Gasteiger partial charge in [0.25, 0.3) is 0 Å². The van der Waals surface area contributed by atoms with Gasteiger partial charge in [-0.1, -0.05) is 25.0 Å². The standard InChI is InChI=1S/C16H17NO3S/c1-20-12-6-4-11(5-7-12)16(8-2-3-9-16)15-17-13(10-21-15)14(18)19/h4-7,10H,2-3,8-9H2,1H3,(H,18,19). The van der Waals surface area contributed by atoms with Gasteiger partial charge in [0.05, 0.1) is 7.11 Å². The maximum atomic E-state index is 11.1. The molecule has 0 atom stereocenters. The zero-order chi connectivity index (χ0) is 14.9. The number of carboxylic acids is 1. The number of carbonyl (C=O) groups is 1. The molecule has 1 saturated carbocycles. The van der Waals surface area contributed by atoms with E-state index < -0.39 is 5.97 Å². The molecule has 1 aromatic carbocycles. The molecule has 0 radical (unpaired) electrons. The van der Waals surface area contributed by atoms with Crippen molar-refractivity contribution in [1.29, 1.82) is 0 Å². The number of rotatable bonds is 4. The third kappa shape index (κ3) is 2.42. The van der Waals surface area contributed by atoms with Gasteiger partial charge in [-0.15, -0.1) is 11.3 Å². The van der Waals surface area contributed by atoms with E-state index in [2.05, 4.69) is 17.1 Å². The fourth-order valence-electron chi connectivity index (χ4n) is 3.11. The van der Waals surface area contributed by atoms with Crippen LogP contribution >= 0.6 is 11.3 Å². The molecule has 0 unspecified atom stereocenters. The van der Waals surface area contributed by atoms with E-state index >= 15 is 0 Å². The summed E-state index contributed by atoms with van der Waals surface area (Å²) in [4.78, 5) is 15.5. The fourth-order valence-corrected chi connectivity index (χ4v) is 4.18. The number of hydrogen-bond donors (Lipinski definition) is 1. The molecule has 1 N–H and O–H groups in total. The Bertz CT molecular complexity index is 642. The van der Waals surface area contributed by atoms with Crippen LogP contribution in [0.2, 0.25) is 0 Å². The van der Waals surface area contributed by atoms with Gasteiger partial charge in [0.2, 0.25) is 0 Å². The summed E-state index contributed by atoms with van der Waals surface area (Å²) in [6, 6.07) is 8.07. The Hall–Kier alpha value is -1.88. The maximum absolute atomic E-state index is 11.1. The van der Waals surface area contributed by atoms with Crippen LogP contribution in [0.1, 0.15) is 46.7 Å². The van der Waals surface area contributed by atoms with Crippen molar-refractivity contribution in [1.82, 2.24) is 4.98 Å². The molecule has 2 aromatic rings. The lowest BCUT2D eigenvalue weighted by Gasteiger charge is -2.27. The van der Waals surface area contributed by atoms with Crippen molar-refractivity contribution in [2.75, 3.05) is 7.11 Å². The van der Waals surface area contributed by atoms with E-state index in [1.807, 2.05) is 12.1 Å². The van der Waals surface area contributed by atoms with E-state index in [-0.39, 0.29) is 11.1 Å². The van der Waals surface area contributed by atoms with Crippen molar-refractivity contribution in [3.05, 3.63) is 45.9 Å².